The van der Waals surface area contributed by atoms with Crippen LogP contribution in [-0.4, -0.2) is 15.3 Å². The van der Waals surface area contributed by atoms with E-state index >= 15 is 0 Å². The molecule has 0 fully saturated rings. The van der Waals surface area contributed by atoms with Crippen molar-refractivity contribution >= 4 is 0 Å². The monoisotopic (exact) mass is 252 g/mol. The molecule has 0 unspecified atom stereocenters. The molecule has 0 rings (SSSR count). The van der Waals surface area contributed by atoms with E-state index in [2.05, 4.69) is 13.0 Å². The molecule has 0 aromatic carbocycles. The lowest BCUT2D eigenvalue weighted by atomic mass is 10.1. The summed E-state index contributed by atoms with van der Waals surface area (Å²) in [5.74, 6) is -1.61. The Bertz CT molecular complexity index is 308. The molecule has 0 atom stereocenters. The second kappa shape index (κ2) is 11.8. The van der Waals surface area contributed by atoms with Gasteiger partial charge < -0.3 is 15.3 Å². The Morgan fingerprint density at radius 2 is 1.50 bits per heavy atom. The quantitative estimate of drug-likeness (QED) is 0.312. The molecule has 3 nitrogen and oxygen atoms in total. The van der Waals surface area contributed by atoms with Crippen LogP contribution in [0.25, 0.3) is 0 Å². The number of aliphatic hydroxyl groups excluding tert-OH is 2. The summed E-state index contributed by atoms with van der Waals surface area (Å²) in [6, 6.07) is 0. The van der Waals surface area contributed by atoms with Crippen molar-refractivity contribution in [3.05, 3.63) is 48.2 Å². The summed E-state index contributed by atoms with van der Waals surface area (Å²) in [4.78, 5) is 0. The van der Waals surface area contributed by atoms with E-state index in [4.69, 9.17) is 15.3 Å². The van der Waals surface area contributed by atoms with Crippen LogP contribution in [-0.2, 0) is 0 Å². The first-order valence-electron chi connectivity index (χ1n) is 6.49. The van der Waals surface area contributed by atoms with Gasteiger partial charge in [0.05, 0.1) is 0 Å². The zero-order valence-corrected chi connectivity index (χ0v) is 11.0. The molecule has 0 aliphatic rings. The molecule has 3 heteroatoms. The minimum absolute atomic E-state index is 0.542. The van der Waals surface area contributed by atoms with Gasteiger partial charge in [0.1, 0.15) is 0 Å². The average Bonchev–Trinajstić information content (AvgIpc) is 2.35. The molecule has 0 bridgehead atoms. The van der Waals surface area contributed by atoms with Crippen LogP contribution in [0.5, 0.6) is 0 Å². The molecule has 0 aliphatic heterocycles. The molecule has 0 aliphatic carbocycles. The highest BCUT2D eigenvalue weighted by Gasteiger charge is 1.92. The van der Waals surface area contributed by atoms with Crippen LogP contribution in [0.4, 0.5) is 0 Å². The van der Waals surface area contributed by atoms with Crippen molar-refractivity contribution in [2.24, 2.45) is 0 Å². The highest BCUT2D eigenvalue weighted by molar-refractivity contribution is 5.18. The fraction of sp³-hybridized carbons (Fsp3) is 0.467. The van der Waals surface area contributed by atoms with Gasteiger partial charge >= 0.3 is 5.95 Å². The van der Waals surface area contributed by atoms with Crippen molar-refractivity contribution in [2.45, 2.75) is 45.4 Å². The summed E-state index contributed by atoms with van der Waals surface area (Å²) in [7, 11) is 0. The van der Waals surface area contributed by atoms with Gasteiger partial charge in [-0.2, -0.15) is 0 Å². The van der Waals surface area contributed by atoms with E-state index in [1.165, 1.54) is 44.3 Å². The summed E-state index contributed by atoms with van der Waals surface area (Å²) in [6.45, 7) is 2.21. The van der Waals surface area contributed by atoms with Crippen LogP contribution in [0, 0.1) is 0 Å². The van der Waals surface area contributed by atoms with Crippen LogP contribution in [0.2, 0.25) is 0 Å². The average molecular weight is 252 g/mol. The number of hydrogen-bond donors (Lipinski definition) is 3. The molecule has 0 saturated heterocycles. The van der Waals surface area contributed by atoms with E-state index in [0.29, 0.717) is 0 Å². The zero-order chi connectivity index (χ0) is 13.6. The predicted octanol–water partition coefficient (Wildman–Crippen LogP) is 4.86. The Morgan fingerprint density at radius 3 is 2.17 bits per heavy atom. The maximum atomic E-state index is 8.91. The van der Waals surface area contributed by atoms with Crippen molar-refractivity contribution in [3.8, 4) is 0 Å². The molecule has 18 heavy (non-hydrogen) atoms. The van der Waals surface area contributed by atoms with Crippen molar-refractivity contribution in [3.63, 3.8) is 0 Å². The third-order valence-corrected chi connectivity index (χ3v) is 2.43. The van der Waals surface area contributed by atoms with Crippen LogP contribution >= 0.6 is 0 Å². The van der Waals surface area contributed by atoms with Gasteiger partial charge in [0, 0.05) is 0 Å². The molecule has 0 aromatic rings. The number of unbranched alkanes of at least 4 members (excludes halogenated alkanes) is 5. The fourth-order valence-electron chi connectivity index (χ4n) is 1.39. The van der Waals surface area contributed by atoms with Crippen LogP contribution < -0.4 is 0 Å². The van der Waals surface area contributed by atoms with Gasteiger partial charge in [0.2, 0.25) is 0 Å². The van der Waals surface area contributed by atoms with Gasteiger partial charge in [0.15, 0.2) is 5.76 Å². The fourth-order valence-corrected chi connectivity index (χ4v) is 1.39. The SMILES string of the molecule is CCCCCCCC=CC=CC=CC(O)=C(O)O. The molecule has 3 N–H and O–H groups in total. The van der Waals surface area contributed by atoms with E-state index in [-0.39, 0.29) is 0 Å². The minimum atomic E-state index is -1.07. The lowest BCUT2D eigenvalue weighted by Crippen LogP contribution is -1.83. The number of rotatable bonds is 9. The third-order valence-electron chi connectivity index (χ3n) is 2.43. The summed E-state index contributed by atoms with van der Waals surface area (Å²) in [5.41, 5.74) is 0. The van der Waals surface area contributed by atoms with E-state index in [1.807, 2.05) is 12.2 Å². The van der Waals surface area contributed by atoms with Gasteiger partial charge in [-0.3, -0.25) is 0 Å². The first kappa shape index (κ1) is 16.4. The minimum Gasteiger partial charge on any atom is -0.502 e. The Labute approximate surface area is 109 Å². The van der Waals surface area contributed by atoms with E-state index < -0.39 is 11.7 Å². The maximum Gasteiger partial charge on any atom is 0.318 e. The molecule has 0 spiro atoms. The highest BCUT2D eigenvalue weighted by Crippen LogP contribution is 2.05. The third kappa shape index (κ3) is 10.9. The number of allylic oxidation sites excluding steroid dienone is 6. The van der Waals surface area contributed by atoms with Gasteiger partial charge in [-0.25, -0.2) is 0 Å². The van der Waals surface area contributed by atoms with Gasteiger partial charge in [-0.05, 0) is 18.9 Å². The summed E-state index contributed by atoms with van der Waals surface area (Å²) >= 11 is 0. The molecular weight excluding hydrogens is 228 g/mol. The second-order valence-corrected chi connectivity index (χ2v) is 4.08. The molecule has 0 aromatic heterocycles. The molecule has 0 radical (unpaired) electrons. The summed E-state index contributed by atoms with van der Waals surface area (Å²) < 4.78 is 0. The van der Waals surface area contributed by atoms with Gasteiger partial charge in [-0.15, -0.1) is 0 Å². The standard InChI is InChI=1S/C15H24O3/c1-2-3-4-5-6-7-8-9-10-11-12-13-14(16)15(17)18/h8-13,16-18H,2-7H2,1H3. The largest absolute Gasteiger partial charge is 0.502 e. The number of aliphatic hydroxyl groups is 3. The first-order valence-corrected chi connectivity index (χ1v) is 6.49. The van der Waals surface area contributed by atoms with Crippen LogP contribution in [0.3, 0.4) is 0 Å². The Kier molecular flexibility index (Phi) is 10.8. The summed E-state index contributed by atoms with van der Waals surface area (Å²) in [5, 5.41) is 25.9. The topological polar surface area (TPSA) is 60.7 Å². The van der Waals surface area contributed by atoms with E-state index in [1.54, 1.807) is 6.08 Å². The Hall–Kier alpha value is -1.64. The smallest absolute Gasteiger partial charge is 0.318 e. The first-order chi connectivity index (χ1) is 8.68. The molecule has 0 heterocycles. The van der Waals surface area contributed by atoms with Gasteiger partial charge in [0.25, 0.3) is 0 Å². The normalized spacial score (nSPS) is 11.8. The molecule has 102 valence electrons. The lowest BCUT2D eigenvalue weighted by Gasteiger charge is -1.95. The zero-order valence-electron chi connectivity index (χ0n) is 11.0. The Balaban J connectivity index is 3.61. The predicted molar refractivity (Wildman–Crippen MR) is 75.7 cm³/mol. The van der Waals surface area contributed by atoms with Crippen LogP contribution in [0.15, 0.2) is 48.2 Å². The Morgan fingerprint density at radius 1 is 0.833 bits per heavy atom. The lowest BCUT2D eigenvalue weighted by molar-refractivity contribution is 0.163. The van der Waals surface area contributed by atoms with Crippen LogP contribution in [0.1, 0.15) is 45.4 Å². The highest BCUT2D eigenvalue weighted by atomic mass is 16.5. The molecule has 0 amide bonds. The molecule has 0 saturated carbocycles. The van der Waals surface area contributed by atoms with Crippen molar-refractivity contribution in [2.75, 3.05) is 0 Å². The van der Waals surface area contributed by atoms with Gasteiger partial charge in [-0.1, -0.05) is 63.0 Å². The maximum absolute atomic E-state index is 8.91. The van der Waals surface area contributed by atoms with Crippen molar-refractivity contribution < 1.29 is 15.3 Å². The number of hydrogen-bond acceptors (Lipinski definition) is 3. The second-order valence-electron chi connectivity index (χ2n) is 4.08. The molecular formula is C15H24O3. The van der Waals surface area contributed by atoms with Crippen molar-refractivity contribution in [1.82, 2.24) is 0 Å². The summed E-state index contributed by atoms with van der Waals surface area (Å²) in [6.07, 6.45) is 17.9. The van der Waals surface area contributed by atoms with E-state index in [9.17, 15) is 0 Å². The van der Waals surface area contributed by atoms with Crippen molar-refractivity contribution in [1.29, 1.82) is 0 Å². The van der Waals surface area contributed by atoms with E-state index in [0.717, 1.165) is 6.42 Å².